The lowest BCUT2D eigenvalue weighted by Gasteiger charge is -2.26. The van der Waals surface area contributed by atoms with Crippen molar-refractivity contribution >= 4 is 11.6 Å². The number of hydrogen-bond donors (Lipinski definition) is 1. The Morgan fingerprint density at radius 3 is 2.82 bits per heavy atom. The normalized spacial score (nSPS) is 14.3. The van der Waals surface area contributed by atoms with Crippen LogP contribution in [0.3, 0.4) is 0 Å². The summed E-state index contributed by atoms with van der Waals surface area (Å²) in [5.41, 5.74) is 1.35. The van der Waals surface area contributed by atoms with E-state index in [0.29, 0.717) is 0 Å². The highest BCUT2D eigenvalue weighted by molar-refractivity contribution is 6.30. The Kier molecular flexibility index (Phi) is 5.73. The van der Waals surface area contributed by atoms with Crippen LogP contribution in [0.15, 0.2) is 36.9 Å². The molecule has 1 nitrogen and oxygen atoms in total. The van der Waals surface area contributed by atoms with E-state index in [1.165, 1.54) is 5.56 Å². The molecule has 0 saturated heterocycles. The van der Waals surface area contributed by atoms with Crippen LogP contribution in [0.25, 0.3) is 0 Å². The molecule has 0 fully saturated rings. The van der Waals surface area contributed by atoms with Crippen LogP contribution in [0.4, 0.5) is 0 Å². The summed E-state index contributed by atoms with van der Waals surface area (Å²) < 4.78 is 0. The second-order valence-corrected chi connectivity index (χ2v) is 5.28. The Morgan fingerprint density at radius 1 is 1.47 bits per heavy atom. The highest BCUT2D eigenvalue weighted by atomic mass is 35.5. The SMILES string of the molecule is C=CC(C)(CNCCC)Cc1cccc(Cl)c1. The number of benzene rings is 1. The lowest BCUT2D eigenvalue weighted by molar-refractivity contribution is 0.391. The van der Waals surface area contributed by atoms with Crippen molar-refractivity contribution in [2.75, 3.05) is 13.1 Å². The second kappa shape index (κ2) is 6.83. The summed E-state index contributed by atoms with van der Waals surface area (Å²) in [5.74, 6) is 0. The van der Waals surface area contributed by atoms with Crippen LogP contribution in [0.2, 0.25) is 5.02 Å². The molecule has 0 radical (unpaired) electrons. The third kappa shape index (κ3) is 4.93. The molecule has 1 N–H and O–H groups in total. The highest BCUT2D eigenvalue weighted by Gasteiger charge is 2.20. The average molecular weight is 252 g/mol. The first-order valence-electron chi connectivity index (χ1n) is 6.18. The Morgan fingerprint density at radius 2 is 2.24 bits per heavy atom. The lowest BCUT2D eigenvalue weighted by atomic mass is 9.83. The Hall–Kier alpha value is -0.790. The van der Waals surface area contributed by atoms with Crippen LogP contribution in [-0.2, 0) is 6.42 Å². The van der Waals surface area contributed by atoms with Crippen LogP contribution in [-0.4, -0.2) is 13.1 Å². The van der Waals surface area contributed by atoms with Gasteiger partial charge in [-0.1, -0.05) is 43.7 Å². The molecule has 0 amide bonds. The summed E-state index contributed by atoms with van der Waals surface area (Å²) in [6.45, 7) is 10.4. The van der Waals surface area contributed by atoms with Gasteiger partial charge in [-0.3, -0.25) is 0 Å². The zero-order valence-corrected chi connectivity index (χ0v) is 11.6. The van der Waals surface area contributed by atoms with E-state index >= 15 is 0 Å². The monoisotopic (exact) mass is 251 g/mol. The minimum absolute atomic E-state index is 0.0832. The zero-order chi connectivity index (χ0) is 12.7. The predicted octanol–water partition coefficient (Wildman–Crippen LogP) is 4.07. The molecular weight excluding hydrogens is 230 g/mol. The molecule has 0 aliphatic carbocycles. The standard InChI is InChI=1S/C15H22ClN/c1-4-9-17-12-15(3,5-2)11-13-7-6-8-14(16)10-13/h5-8,10,17H,2,4,9,11-12H2,1,3H3. The molecule has 1 aromatic carbocycles. The minimum atomic E-state index is 0.0832. The molecule has 0 heterocycles. The van der Waals surface area contributed by atoms with Crippen LogP contribution in [0.5, 0.6) is 0 Å². The first-order chi connectivity index (χ1) is 8.09. The van der Waals surface area contributed by atoms with Gasteiger partial charge in [0, 0.05) is 17.0 Å². The first-order valence-corrected chi connectivity index (χ1v) is 6.56. The largest absolute Gasteiger partial charge is 0.316 e. The van der Waals surface area contributed by atoms with Crippen LogP contribution < -0.4 is 5.32 Å². The van der Waals surface area contributed by atoms with E-state index in [2.05, 4.69) is 31.8 Å². The summed E-state index contributed by atoms with van der Waals surface area (Å²) in [6.07, 6.45) is 4.16. The molecule has 2 heteroatoms. The van der Waals surface area contributed by atoms with Crippen molar-refractivity contribution in [2.45, 2.75) is 26.7 Å². The summed E-state index contributed by atoms with van der Waals surface area (Å²) in [6, 6.07) is 8.06. The average Bonchev–Trinajstić information content (AvgIpc) is 2.29. The molecule has 1 atom stereocenters. The first kappa shape index (κ1) is 14.3. The summed E-state index contributed by atoms with van der Waals surface area (Å²) >= 11 is 6.00. The number of halogens is 1. The molecule has 1 unspecified atom stereocenters. The molecule has 0 saturated carbocycles. The van der Waals surface area contributed by atoms with Gasteiger partial charge in [0.25, 0.3) is 0 Å². The van der Waals surface area contributed by atoms with Gasteiger partial charge in [0.1, 0.15) is 0 Å². The maximum Gasteiger partial charge on any atom is 0.0408 e. The van der Waals surface area contributed by atoms with Gasteiger partial charge in [-0.05, 0) is 37.1 Å². The number of hydrogen-bond acceptors (Lipinski definition) is 1. The zero-order valence-electron chi connectivity index (χ0n) is 10.8. The Balaban J connectivity index is 2.64. The van der Waals surface area contributed by atoms with Gasteiger partial charge in [-0.15, -0.1) is 6.58 Å². The van der Waals surface area contributed by atoms with E-state index in [4.69, 9.17) is 11.6 Å². The third-order valence-electron chi connectivity index (χ3n) is 2.95. The van der Waals surface area contributed by atoms with Gasteiger partial charge in [0.05, 0.1) is 0 Å². The van der Waals surface area contributed by atoms with Gasteiger partial charge in [-0.25, -0.2) is 0 Å². The fourth-order valence-corrected chi connectivity index (χ4v) is 2.08. The number of nitrogens with one attached hydrogen (secondary N) is 1. The maximum absolute atomic E-state index is 6.00. The molecule has 0 spiro atoms. The van der Waals surface area contributed by atoms with Crippen molar-refractivity contribution in [2.24, 2.45) is 5.41 Å². The molecular formula is C15H22ClN. The molecule has 17 heavy (non-hydrogen) atoms. The molecule has 0 aliphatic rings. The van der Waals surface area contributed by atoms with E-state index in [0.717, 1.165) is 31.0 Å². The van der Waals surface area contributed by atoms with E-state index in [-0.39, 0.29) is 5.41 Å². The maximum atomic E-state index is 6.00. The van der Waals surface area contributed by atoms with Crippen molar-refractivity contribution in [3.63, 3.8) is 0 Å². The minimum Gasteiger partial charge on any atom is -0.316 e. The van der Waals surface area contributed by atoms with E-state index < -0.39 is 0 Å². The van der Waals surface area contributed by atoms with E-state index in [9.17, 15) is 0 Å². The van der Waals surface area contributed by atoms with Crippen molar-refractivity contribution in [3.8, 4) is 0 Å². The second-order valence-electron chi connectivity index (χ2n) is 4.84. The predicted molar refractivity (Wildman–Crippen MR) is 76.6 cm³/mol. The van der Waals surface area contributed by atoms with Crippen LogP contribution in [0, 0.1) is 5.41 Å². The van der Waals surface area contributed by atoms with Gasteiger partial charge in [0.15, 0.2) is 0 Å². The molecule has 0 aliphatic heterocycles. The van der Waals surface area contributed by atoms with E-state index in [1.807, 2.05) is 24.3 Å². The fourth-order valence-electron chi connectivity index (χ4n) is 1.87. The van der Waals surface area contributed by atoms with Crippen LogP contribution >= 0.6 is 11.6 Å². The summed E-state index contributed by atoms with van der Waals surface area (Å²) in [5, 5.41) is 4.26. The quantitative estimate of drug-likeness (QED) is 0.569. The summed E-state index contributed by atoms with van der Waals surface area (Å²) in [4.78, 5) is 0. The van der Waals surface area contributed by atoms with Crippen LogP contribution in [0.1, 0.15) is 25.8 Å². The highest BCUT2D eigenvalue weighted by Crippen LogP contribution is 2.24. The van der Waals surface area contributed by atoms with Gasteiger partial charge < -0.3 is 5.32 Å². The third-order valence-corrected chi connectivity index (χ3v) is 3.18. The number of rotatable bonds is 7. The van der Waals surface area contributed by atoms with Gasteiger partial charge in [0.2, 0.25) is 0 Å². The smallest absolute Gasteiger partial charge is 0.0408 e. The molecule has 94 valence electrons. The summed E-state index contributed by atoms with van der Waals surface area (Å²) in [7, 11) is 0. The fraction of sp³-hybridized carbons (Fsp3) is 0.467. The van der Waals surface area contributed by atoms with E-state index in [1.54, 1.807) is 0 Å². The van der Waals surface area contributed by atoms with Crippen molar-refractivity contribution in [1.29, 1.82) is 0 Å². The lowest BCUT2D eigenvalue weighted by Crippen LogP contribution is -2.32. The topological polar surface area (TPSA) is 12.0 Å². The van der Waals surface area contributed by atoms with Crippen molar-refractivity contribution in [3.05, 3.63) is 47.5 Å². The molecule has 1 aromatic rings. The Bertz CT molecular complexity index is 362. The van der Waals surface area contributed by atoms with Gasteiger partial charge >= 0.3 is 0 Å². The molecule has 1 rings (SSSR count). The molecule has 0 bridgehead atoms. The van der Waals surface area contributed by atoms with Crippen molar-refractivity contribution in [1.82, 2.24) is 5.32 Å². The Labute approximate surface area is 110 Å². The van der Waals surface area contributed by atoms with Gasteiger partial charge in [-0.2, -0.15) is 0 Å². The van der Waals surface area contributed by atoms with Crippen molar-refractivity contribution < 1.29 is 0 Å². The molecule has 0 aromatic heterocycles.